The second-order valence-corrected chi connectivity index (χ2v) is 6.26. The van der Waals surface area contributed by atoms with Crippen molar-refractivity contribution in [3.05, 3.63) is 47.5 Å². The molecule has 1 rings (SSSR count). The molecule has 0 radical (unpaired) electrons. The molecule has 0 aliphatic rings. The second-order valence-electron chi connectivity index (χ2n) is 6.26. The highest BCUT2D eigenvalue weighted by Gasteiger charge is 2.00. The quantitative estimate of drug-likeness (QED) is 0.360. The van der Waals surface area contributed by atoms with Gasteiger partial charge in [0, 0.05) is 6.42 Å². The van der Waals surface area contributed by atoms with E-state index in [1.807, 2.05) is 24.3 Å². The average molecular weight is 332 g/mol. The predicted octanol–water partition coefficient (Wildman–Crippen LogP) is 5.53. The number of carboxylic acid groups (broad SMARTS) is 1. The van der Waals surface area contributed by atoms with E-state index >= 15 is 0 Å². The number of ether oxygens (including phenoxy) is 1. The van der Waals surface area contributed by atoms with Crippen molar-refractivity contribution in [2.45, 2.75) is 71.3 Å². The van der Waals surface area contributed by atoms with Gasteiger partial charge in [0.1, 0.15) is 0 Å². The highest BCUT2D eigenvalue weighted by Crippen LogP contribution is 2.09. The van der Waals surface area contributed by atoms with Gasteiger partial charge in [-0.15, -0.1) is 0 Å². The van der Waals surface area contributed by atoms with Crippen LogP contribution in [0.2, 0.25) is 0 Å². The maximum Gasteiger partial charge on any atom is 0.303 e. The first kappa shape index (κ1) is 20.4. The molecule has 24 heavy (non-hydrogen) atoms. The summed E-state index contributed by atoms with van der Waals surface area (Å²) in [6.45, 7) is 3.45. The zero-order valence-electron chi connectivity index (χ0n) is 15.0. The molecule has 1 aromatic carbocycles. The number of carboxylic acids is 1. The molecular weight excluding hydrogens is 300 g/mol. The summed E-state index contributed by atoms with van der Waals surface area (Å²) in [4.78, 5) is 10.6. The van der Waals surface area contributed by atoms with E-state index in [-0.39, 0.29) is 6.42 Å². The first-order chi connectivity index (χ1) is 11.7. The normalized spacial score (nSPS) is 11.2. The van der Waals surface area contributed by atoms with Crippen molar-refractivity contribution in [1.82, 2.24) is 0 Å². The van der Waals surface area contributed by atoms with Gasteiger partial charge in [-0.1, -0.05) is 75.4 Å². The Morgan fingerprint density at radius 2 is 1.83 bits per heavy atom. The molecule has 0 saturated heterocycles. The number of hydrogen-bond acceptors (Lipinski definition) is 2. The summed E-state index contributed by atoms with van der Waals surface area (Å²) < 4.78 is 5.66. The first-order valence-corrected chi connectivity index (χ1v) is 9.24. The van der Waals surface area contributed by atoms with Crippen molar-refractivity contribution < 1.29 is 14.6 Å². The SMILES string of the molecule is CCCCCCCC/C=C\COCc1cccc(CCC(=O)O)c1. The van der Waals surface area contributed by atoms with Crippen molar-refractivity contribution >= 4 is 5.97 Å². The van der Waals surface area contributed by atoms with Crippen molar-refractivity contribution in [2.24, 2.45) is 0 Å². The molecule has 3 heteroatoms. The van der Waals surface area contributed by atoms with Gasteiger partial charge in [0.2, 0.25) is 0 Å². The summed E-state index contributed by atoms with van der Waals surface area (Å²) in [5.41, 5.74) is 2.15. The number of hydrogen-bond donors (Lipinski definition) is 1. The van der Waals surface area contributed by atoms with Gasteiger partial charge in [-0.05, 0) is 30.4 Å². The standard InChI is InChI=1S/C21H32O3/c1-2-3-4-5-6-7-8-9-10-16-24-18-20-13-11-12-19(17-20)14-15-21(22)23/h9-13,17H,2-8,14-16,18H2,1H3,(H,22,23)/b10-9-. The van der Waals surface area contributed by atoms with Gasteiger partial charge in [-0.2, -0.15) is 0 Å². The van der Waals surface area contributed by atoms with Gasteiger partial charge in [0.25, 0.3) is 0 Å². The molecule has 134 valence electrons. The Morgan fingerprint density at radius 3 is 2.62 bits per heavy atom. The van der Waals surface area contributed by atoms with Gasteiger partial charge < -0.3 is 9.84 Å². The summed E-state index contributed by atoms with van der Waals surface area (Å²) in [5.74, 6) is -0.757. The van der Waals surface area contributed by atoms with Crippen LogP contribution < -0.4 is 0 Å². The smallest absolute Gasteiger partial charge is 0.303 e. The van der Waals surface area contributed by atoms with Crippen LogP contribution in [0.3, 0.4) is 0 Å². The molecule has 0 bridgehead atoms. The van der Waals surface area contributed by atoms with Crippen molar-refractivity contribution in [1.29, 1.82) is 0 Å². The van der Waals surface area contributed by atoms with Crippen molar-refractivity contribution in [3.8, 4) is 0 Å². The van der Waals surface area contributed by atoms with E-state index in [4.69, 9.17) is 9.84 Å². The monoisotopic (exact) mass is 332 g/mol. The molecule has 0 saturated carbocycles. The fraction of sp³-hybridized carbons (Fsp3) is 0.571. The van der Waals surface area contributed by atoms with E-state index in [0.29, 0.717) is 19.6 Å². The summed E-state index contributed by atoms with van der Waals surface area (Å²) in [6, 6.07) is 7.98. The third-order valence-electron chi connectivity index (χ3n) is 3.99. The van der Waals surface area contributed by atoms with E-state index < -0.39 is 5.97 Å². The van der Waals surface area contributed by atoms with Gasteiger partial charge in [-0.25, -0.2) is 0 Å². The van der Waals surface area contributed by atoms with Gasteiger partial charge in [-0.3, -0.25) is 4.79 Å². The lowest BCUT2D eigenvalue weighted by Crippen LogP contribution is -1.99. The Kier molecular flexibility index (Phi) is 11.7. The number of benzene rings is 1. The van der Waals surface area contributed by atoms with E-state index in [1.165, 1.54) is 38.5 Å². The van der Waals surface area contributed by atoms with Crippen LogP contribution in [0.1, 0.15) is 69.4 Å². The minimum absolute atomic E-state index is 0.172. The Bertz CT molecular complexity index is 480. The summed E-state index contributed by atoms with van der Waals surface area (Å²) in [5, 5.41) is 8.73. The molecule has 0 amide bonds. The number of carbonyl (C=O) groups is 1. The van der Waals surface area contributed by atoms with Crippen LogP contribution in [0, 0.1) is 0 Å². The van der Waals surface area contributed by atoms with Crippen molar-refractivity contribution in [3.63, 3.8) is 0 Å². The first-order valence-electron chi connectivity index (χ1n) is 9.24. The van der Waals surface area contributed by atoms with E-state index in [9.17, 15) is 4.79 Å². The molecule has 0 heterocycles. The fourth-order valence-corrected chi connectivity index (χ4v) is 2.60. The molecule has 1 N–H and O–H groups in total. The van der Waals surface area contributed by atoms with Crippen LogP contribution in [0.4, 0.5) is 0 Å². The third-order valence-corrected chi connectivity index (χ3v) is 3.99. The number of aryl methyl sites for hydroxylation is 1. The Labute approximate surface area is 146 Å². The van der Waals surface area contributed by atoms with Crippen LogP contribution in [-0.2, 0) is 22.6 Å². The van der Waals surface area contributed by atoms with Gasteiger partial charge >= 0.3 is 5.97 Å². The number of rotatable bonds is 14. The van der Waals surface area contributed by atoms with Gasteiger partial charge in [0.05, 0.1) is 13.2 Å². The summed E-state index contributed by atoms with van der Waals surface area (Å²) in [7, 11) is 0. The second kappa shape index (κ2) is 13.8. The Hall–Kier alpha value is -1.61. The van der Waals surface area contributed by atoms with Crippen LogP contribution in [0.5, 0.6) is 0 Å². The topological polar surface area (TPSA) is 46.5 Å². The number of unbranched alkanes of at least 4 members (excludes halogenated alkanes) is 6. The Morgan fingerprint density at radius 1 is 1.08 bits per heavy atom. The Balaban J connectivity index is 2.09. The molecule has 0 spiro atoms. The average Bonchev–Trinajstić information content (AvgIpc) is 2.58. The maximum atomic E-state index is 10.6. The molecule has 0 aromatic heterocycles. The predicted molar refractivity (Wildman–Crippen MR) is 99.2 cm³/mol. The lowest BCUT2D eigenvalue weighted by molar-refractivity contribution is -0.136. The van der Waals surface area contributed by atoms with Crippen LogP contribution in [-0.4, -0.2) is 17.7 Å². The van der Waals surface area contributed by atoms with Crippen molar-refractivity contribution in [2.75, 3.05) is 6.61 Å². The summed E-state index contributed by atoms with van der Waals surface area (Å²) in [6.07, 6.45) is 14.2. The fourth-order valence-electron chi connectivity index (χ4n) is 2.60. The lowest BCUT2D eigenvalue weighted by Gasteiger charge is -2.05. The van der Waals surface area contributed by atoms with E-state index in [1.54, 1.807) is 0 Å². The van der Waals surface area contributed by atoms with Crippen LogP contribution in [0.15, 0.2) is 36.4 Å². The molecule has 0 aliphatic heterocycles. The highest BCUT2D eigenvalue weighted by molar-refractivity contribution is 5.67. The lowest BCUT2D eigenvalue weighted by atomic mass is 10.1. The van der Waals surface area contributed by atoms with Crippen LogP contribution in [0.25, 0.3) is 0 Å². The van der Waals surface area contributed by atoms with E-state index in [0.717, 1.165) is 17.5 Å². The largest absolute Gasteiger partial charge is 0.481 e. The maximum absolute atomic E-state index is 10.6. The minimum Gasteiger partial charge on any atom is -0.481 e. The third kappa shape index (κ3) is 11.0. The molecule has 3 nitrogen and oxygen atoms in total. The number of allylic oxidation sites excluding steroid dienone is 1. The van der Waals surface area contributed by atoms with Crippen LogP contribution >= 0.6 is 0 Å². The molecule has 0 fully saturated rings. The molecule has 0 aliphatic carbocycles. The minimum atomic E-state index is -0.757. The highest BCUT2D eigenvalue weighted by atomic mass is 16.5. The molecule has 0 unspecified atom stereocenters. The van der Waals surface area contributed by atoms with E-state index in [2.05, 4.69) is 19.1 Å². The zero-order chi connectivity index (χ0) is 17.5. The number of aliphatic carboxylic acids is 1. The van der Waals surface area contributed by atoms with Gasteiger partial charge in [0.15, 0.2) is 0 Å². The molecular formula is C21H32O3. The molecule has 0 atom stereocenters. The summed E-state index contributed by atoms with van der Waals surface area (Å²) >= 11 is 0. The molecule has 1 aromatic rings. The zero-order valence-corrected chi connectivity index (χ0v) is 15.0.